The van der Waals surface area contributed by atoms with Crippen LogP contribution < -0.4 is 10.6 Å². The summed E-state index contributed by atoms with van der Waals surface area (Å²) in [5.41, 5.74) is 5.77. The predicted molar refractivity (Wildman–Crippen MR) is 178 cm³/mol. The summed E-state index contributed by atoms with van der Waals surface area (Å²) in [7, 11) is 1.76. The molecule has 0 aromatic heterocycles. The molecule has 0 radical (unpaired) electrons. The zero-order valence-corrected chi connectivity index (χ0v) is 27.5. The topological polar surface area (TPSA) is 119 Å². The van der Waals surface area contributed by atoms with Crippen LogP contribution in [0.2, 0.25) is 0 Å². The molecule has 10 nitrogen and oxygen atoms in total. The van der Waals surface area contributed by atoms with Crippen molar-refractivity contribution >= 4 is 12.0 Å². The number of carbonyl (C=O) groups is 2. The average Bonchev–Trinajstić information content (AvgIpc) is 3.54. The lowest BCUT2D eigenvalue weighted by Crippen LogP contribution is -2.46. The van der Waals surface area contributed by atoms with Gasteiger partial charge >= 0.3 is 12.0 Å². The third kappa shape index (κ3) is 8.97. The Hall–Kier alpha value is -3.80. The molecule has 0 aliphatic carbocycles. The quantitative estimate of drug-likeness (QED) is 0.220. The fourth-order valence-corrected chi connectivity index (χ4v) is 6.45. The molecule has 2 aliphatic heterocycles. The standard InChI is InChI=1S/C37H47N3O7/c1-4-45-34(42)21-39-37(43)38-20-30-8-5-6-10-32(30)27-15-17-29(18-16-27)36-46-33(22-40-19-7-9-31(40)24-44-3)25(2)35(47-36)28-13-11-26(23-41)12-14-28/h5-6,8,10-18,25,31,33,35-36,41H,4,7,9,19-24H2,1-3H3,(H2,38,39,43)/t25-,31-,33+,35+,36+/m0/s1. The number of carbonyl (C=O) groups excluding carboxylic acids is 2. The van der Waals surface area contributed by atoms with Gasteiger partial charge in [-0.2, -0.15) is 0 Å². The van der Waals surface area contributed by atoms with Crippen LogP contribution in [0.15, 0.2) is 72.8 Å². The van der Waals surface area contributed by atoms with Crippen molar-refractivity contribution in [2.24, 2.45) is 5.92 Å². The average molecular weight is 646 g/mol. The van der Waals surface area contributed by atoms with Crippen molar-refractivity contribution in [3.8, 4) is 11.1 Å². The van der Waals surface area contributed by atoms with Crippen molar-refractivity contribution in [2.45, 2.75) is 64.4 Å². The molecule has 0 unspecified atom stereocenters. The van der Waals surface area contributed by atoms with Crippen LogP contribution in [-0.4, -0.2) is 74.1 Å². The molecule has 252 valence electrons. The van der Waals surface area contributed by atoms with Crippen LogP contribution in [0.5, 0.6) is 0 Å². The minimum absolute atomic E-state index is 0.000211. The van der Waals surface area contributed by atoms with E-state index in [-0.39, 0.29) is 44.4 Å². The lowest BCUT2D eigenvalue weighted by Gasteiger charge is -2.43. The van der Waals surface area contributed by atoms with Crippen molar-refractivity contribution < 1.29 is 33.6 Å². The number of amides is 2. The predicted octanol–water partition coefficient (Wildman–Crippen LogP) is 5.11. The van der Waals surface area contributed by atoms with E-state index >= 15 is 0 Å². The van der Waals surface area contributed by atoms with Crippen molar-refractivity contribution in [2.75, 3.05) is 40.0 Å². The van der Waals surface area contributed by atoms with E-state index in [1.165, 1.54) is 0 Å². The van der Waals surface area contributed by atoms with Gasteiger partial charge in [-0.15, -0.1) is 0 Å². The first kappa shape index (κ1) is 34.5. The second-order valence-corrected chi connectivity index (χ2v) is 12.2. The van der Waals surface area contributed by atoms with Crippen LogP contribution in [-0.2, 0) is 36.9 Å². The molecule has 47 heavy (non-hydrogen) atoms. The minimum Gasteiger partial charge on any atom is -0.465 e. The Labute approximate surface area is 277 Å². The number of methoxy groups -OCH3 is 1. The molecule has 5 rings (SSSR count). The maximum Gasteiger partial charge on any atom is 0.325 e. The van der Waals surface area contributed by atoms with E-state index in [9.17, 15) is 14.7 Å². The molecule has 0 spiro atoms. The summed E-state index contributed by atoms with van der Waals surface area (Å²) < 4.78 is 23.8. The number of nitrogens with one attached hydrogen (secondary N) is 2. The van der Waals surface area contributed by atoms with Crippen LogP contribution in [0.1, 0.15) is 61.3 Å². The number of hydrogen-bond acceptors (Lipinski definition) is 8. The van der Waals surface area contributed by atoms with E-state index in [0.29, 0.717) is 12.6 Å². The number of urea groups is 1. The second-order valence-electron chi connectivity index (χ2n) is 12.2. The smallest absolute Gasteiger partial charge is 0.325 e. The molecule has 2 saturated heterocycles. The largest absolute Gasteiger partial charge is 0.465 e. The molecule has 5 atom stereocenters. The van der Waals surface area contributed by atoms with Gasteiger partial charge in [0.15, 0.2) is 6.29 Å². The summed E-state index contributed by atoms with van der Waals surface area (Å²) in [6.07, 6.45) is 1.47. The number of benzene rings is 3. The Bertz CT molecular complexity index is 1450. The molecule has 0 saturated carbocycles. The van der Waals surface area contributed by atoms with Crippen molar-refractivity contribution in [1.82, 2.24) is 15.5 Å². The fraction of sp³-hybridized carbons (Fsp3) is 0.459. The van der Waals surface area contributed by atoms with Crippen molar-refractivity contribution in [3.63, 3.8) is 0 Å². The van der Waals surface area contributed by atoms with Gasteiger partial charge in [-0.1, -0.05) is 79.7 Å². The molecular weight excluding hydrogens is 598 g/mol. The highest BCUT2D eigenvalue weighted by Crippen LogP contribution is 2.42. The lowest BCUT2D eigenvalue weighted by atomic mass is 9.89. The van der Waals surface area contributed by atoms with Crippen molar-refractivity contribution in [1.29, 1.82) is 0 Å². The molecule has 10 heteroatoms. The lowest BCUT2D eigenvalue weighted by molar-refractivity contribution is -0.276. The van der Waals surface area contributed by atoms with Gasteiger partial charge in [0.1, 0.15) is 6.54 Å². The third-order valence-electron chi connectivity index (χ3n) is 9.05. The number of ether oxygens (including phenoxy) is 4. The Kier molecular flexibility index (Phi) is 12.4. The molecule has 3 N–H and O–H groups in total. The Balaban J connectivity index is 1.32. The van der Waals surface area contributed by atoms with Crippen LogP contribution in [0.4, 0.5) is 4.79 Å². The van der Waals surface area contributed by atoms with Crippen LogP contribution in [0.25, 0.3) is 11.1 Å². The number of likely N-dealkylation sites (tertiary alicyclic amines) is 1. The maximum atomic E-state index is 12.3. The van der Waals surface area contributed by atoms with Gasteiger partial charge in [-0.05, 0) is 54.1 Å². The van der Waals surface area contributed by atoms with Gasteiger partial charge in [-0.25, -0.2) is 4.79 Å². The first-order valence-electron chi connectivity index (χ1n) is 16.5. The van der Waals surface area contributed by atoms with Gasteiger partial charge in [0.05, 0.1) is 32.0 Å². The number of rotatable bonds is 13. The highest BCUT2D eigenvalue weighted by molar-refractivity contribution is 5.81. The summed E-state index contributed by atoms with van der Waals surface area (Å²) in [6, 6.07) is 24.0. The van der Waals surface area contributed by atoms with Crippen LogP contribution in [0, 0.1) is 5.92 Å². The number of esters is 1. The molecule has 2 heterocycles. The first-order valence-corrected chi connectivity index (χ1v) is 16.5. The van der Waals surface area contributed by atoms with Crippen molar-refractivity contribution in [3.05, 3.63) is 95.1 Å². The van der Waals surface area contributed by atoms with Gasteiger partial charge < -0.3 is 34.7 Å². The van der Waals surface area contributed by atoms with E-state index in [1.54, 1.807) is 14.0 Å². The Morgan fingerprint density at radius 3 is 2.45 bits per heavy atom. The summed E-state index contributed by atoms with van der Waals surface area (Å²) in [5.74, 6) is -0.379. The van der Waals surface area contributed by atoms with Gasteiger partial charge in [-0.3, -0.25) is 9.69 Å². The molecule has 3 aromatic carbocycles. The number of hydrogen-bond donors (Lipinski definition) is 3. The normalized spacial score (nSPS) is 22.9. The number of nitrogens with zero attached hydrogens (tertiary/aromatic N) is 1. The van der Waals surface area contributed by atoms with E-state index in [4.69, 9.17) is 18.9 Å². The molecule has 3 aromatic rings. The van der Waals surface area contributed by atoms with Gasteiger partial charge in [0, 0.05) is 37.7 Å². The minimum atomic E-state index is -0.559. The summed E-state index contributed by atoms with van der Waals surface area (Å²) in [4.78, 5) is 26.3. The Morgan fingerprint density at radius 1 is 0.979 bits per heavy atom. The molecule has 0 bridgehead atoms. The van der Waals surface area contributed by atoms with Gasteiger partial charge in [0.25, 0.3) is 0 Å². The Morgan fingerprint density at radius 2 is 1.72 bits per heavy atom. The zero-order valence-electron chi connectivity index (χ0n) is 27.5. The maximum absolute atomic E-state index is 12.3. The summed E-state index contributed by atoms with van der Waals surface area (Å²) >= 11 is 0. The summed E-state index contributed by atoms with van der Waals surface area (Å²) in [6.45, 7) is 6.82. The van der Waals surface area contributed by atoms with Gasteiger partial charge in [0.2, 0.25) is 0 Å². The molecule has 2 amide bonds. The third-order valence-corrected chi connectivity index (χ3v) is 9.05. The fourth-order valence-electron chi connectivity index (χ4n) is 6.45. The number of aliphatic hydroxyl groups is 1. The summed E-state index contributed by atoms with van der Waals surface area (Å²) in [5, 5.41) is 14.9. The molecule has 2 fully saturated rings. The first-order chi connectivity index (χ1) is 22.9. The second kappa shape index (κ2) is 16.9. The molecule has 2 aliphatic rings. The highest BCUT2D eigenvalue weighted by atomic mass is 16.7. The highest BCUT2D eigenvalue weighted by Gasteiger charge is 2.40. The zero-order chi connectivity index (χ0) is 33.2. The SMILES string of the molecule is CCOC(=O)CNC(=O)NCc1ccccc1-c1ccc([C@@H]2O[C@H](CN3CCC[C@H]3COC)[C@H](C)[C@H](c3ccc(CO)cc3)O2)cc1. The van der Waals surface area contributed by atoms with E-state index in [0.717, 1.165) is 59.3 Å². The monoisotopic (exact) mass is 645 g/mol. The van der Waals surface area contributed by atoms with E-state index in [1.807, 2.05) is 60.7 Å². The van der Waals surface area contributed by atoms with E-state index in [2.05, 4.69) is 34.6 Å². The van der Waals surface area contributed by atoms with Crippen LogP contribution in [0.3, 0.4) is 0 Å². The molecular formula is C37H47N3O7. The van der Waals surface area contributed by atoms with E-state index < -0.39 is 18.3 Å². The number of aliphatic hydroxyl groups excluding tert-OH is 1. The van der Waals surface area contributed by atoms with Crippen LogP contribution >= 0.6 is 0 Å².